The van der Waals surface area contributed by atoms with Crippen LogP contribution in [0.3, 0.4) is 0 Å². The average molecular weight is 331 g/mol. The van der Waals surface area contributed by atoms with Crippen molar-refractivity contribution in [3.05, 3.63) is 94.5 Å². The minimum atomic E-state index is -0.429. The molecule has 0 bridgehead atoms. The molecule has 3 rings (SSSR count). The lowest BCUT2D eigenvalue weighted by atomic mass is 10.0. The third-order valence-electron chi connectivity index (χ3n) is 3.85. The van der Waals surface area contributed by atoms with Crippen LogP contribution in [0.2, 0.25) is 0 Å². The second kappa shape index (κ2) is 7.40. The maximum Gasteiger partial charge on any atom is 0.294 e. The molecule has 5 nitrogen and oxygen atoms in total. The van der Waals surface area contributed by atoms with Crippen LogP contribution >= 0.6 is 0 Å². The Bertz CT molecular complexity index is 904. The highest BCUT2D eigenvalue weighted by atomic mass is 16.6. The summed E-state index contributed by atoms with van der Waals surface area (Å²) in [6, 6.07) is 24.6. The third kappa shape index (κ3) is 3.90. The Balaban J connectivity index is 1.78. The molecule has 3 aromatic carbocycles. The normalized spacial score (nSPS) is 11.2. The zero-order chi connectivity index (χ0) is 17.6. The minimum Gasteiger partial charge on any atom is -0.271 e. The molecule has 0 saturated carbocycles. The standard InChI is InChI=1S/C20H17N3O2/c1-15(21-22-19-9-5-6-10-20(19)23(24)25)16-11-13-18(14-12-16)17-7-3-2-4-8-17/h2-14,22H,1H3/b21-15-. The van der Waals surface area contributed by atoms with Gasteiger partial charge in [-0.25, -0.2) is 0 Å². The number of anilines is 1. The lowest BCUT2D eigenvalue weighted by Crippen LogP contribution is -2.01. The van der Waals surface area contributed by atoms with E-state index < -0.39 is 4.92 Å². The van der Waals surface area contributed by atoms with Gasteiger partial charge in [0, 0.05) is 6.07 Å². The Kier molecular flexibility index (Phi) is 4.85. The lowest BCUT2D eigenvalue weighted by Gasteiger charge is -2.06. The quantitative estimate of drug-likeness (QED) is 0.402. The van der Waals surface area contributed by atoms with Gasteiger partial charge in [-0.15, -0.1) is 0 Å². The van der Waals surface area contributed by atoms with E-state index in [1.54, 1.807) is 18.2 Å². The molecule has 124 valence electrons. The van der Waals surface area contributed by atoms with Gasteiger partial charge in [-0.1, -0.05) is 66.7 Å². The predicted molar refractivity (Wildman–Crippen MR) is 101 cm³/mol. The first kappa shape index (κ1) is 16.4. The van der Waals surface area contributed by atoms with Crippen molar-refractivity contribution < 1.29 is 4.92 Å². The molecule has 0 heterocycles. The molecule has 3 aromatic rings. The second-order valence-electron chi connectivity index (χ2n) is 5.53. The summed E-state index contributed by atoms with van der Waals surface area (Å²) in [5.41, 5.74) is 7.13. The van der Waals surface area contributed by atoms with Gasteiger partial charge in [0.1, 0.15) is 5.69 Å². The Morgan fingerprint density at radius 2 is 1.48 bits per heavy atom. The van der Waals surface area contributed by atoms with Crippen molar-refractivity contribution in [3.63, 3.8) is 0 Å². The highest BCUT2D eigenvalue weighted by molar-refractivity contribution is 5.99. The largest absolute Gasteiger partial charge is 0.294 e. The molecule has 0 fully saturated rings. The fourth-order valence-corrected chi connectivity index (χ4v) is 2.47. The van der Waals surface area contributed by atoms with Gasteiger partial charge in [-0.05, 0) is 29.7 Å². The van der Waals surface area contributed by atoms with Crippen molar-refractivity contribution >= 4 is 17.1 Å². The molecule has 5 heteroatoms. The van der Waals surface area contributed by atoms with Gasteiger partial charge in [0.05, 0.1) is 10.6 Å². The molecule has 1 N–H and O–H groups in total. The van der Waals surface area contributed by atoms with Gasteiger partial charge in [0.15, 0.2) is 0 Å². The summed E-state index contributed by atoms with van der Waals surface area (Å²) in [4.78, 5) is 10.6. The van der Waals surface area contributed by atoms with Crippen molar-refractivity contribution in [3.8, 4) is 11.1 Å². The number of rotatable bonds is 5. The van der Waals surface area contributed by atoms with Crippen molar-refractivity contribution in [2.45, 2.75) is 6.92 Å². The van der Waals surface area contributed by atoms with Gasteiger partial charge in [-0.3, -0.25) is 15.5 Å². The van der Waals surface area contributed by atoms with E-state index >= 15 is 0 Å². The number of benzene rings is 3. The van der Waals surface area contributed by atoms with Crippen LogP contribution in [-0.4, -0.2) is 10.6 Å². The van der Waals surface area contributed by atoms with Gasteiger partial charge in [0.25, 0.3) is 5.69 Å². The Hall–Kier alpha value is -3.47. The number of nitro benzene ring substituents is 1. The SMILES string of the molecule is C/C(=N/Nc1ccccc1[N+](=O)[O-])c1ccc(-c2ccccc2)cc1. The van der Waals surface area contributed by atoms with Crippen molar-refractivity contribution in [2.24, 2.45) is 5.10 Å². The monoisotopic (exact) mass is 331 g/mol. The number of nitrogens with one attached hydrogen (secondary N) is 1. The van der Waals surface area contributed by atoms with E-state index in [1.807, 2.05) is 49.4 Å². The molecule has 0 saturated heterocycles. The molecule has 25 heavy (non-hydrogen) atoms. The summed E-state index contributed by atoms with van der Waals surface area (Å²) in [6.07, 6.45) is 0. The van der Waals surface area contributed by atoms with E-state index in [4.69, 9.17) is 0 Å². The smallest absolute Gasteiger partial charge is 0.271 e. The van der Waals surface area contributed by atoms with Crippen LogP contribution < -0.4 is 5.43 Å². The first-order valence-electron chi connectivity index (χ1n) is 7.85. The summed E-state index contributed by atoms with van der Waals surface area (Å²) in [7, 11) is 0. The number of hydrogen-bond donors (Lipinski definition) is 1. The van der Waals surface area contributed by atoms with E-state index in [1.165, 1.54) is 6.07 Å². The zero-order valence-corrected chi connectivity index (χ0v) is 13.7. The van der Waals surface area contributed by atoms with Crippen LogP contribution in [0.4, 0.5) is 11.4 Å². The van der Waals surface area contributed by atoms with Gasteiger partial charge >= 0.3 is 0 Å². The third-order valence-corrected chi connectivity index (χ3v) is 3.85. The molecular formula is C20H17N3O2. The van der Waals surface area contributed by atoms with Gasteiger partial charge < -0.3 is 0 Å². The Morgan fingerprint density at radius 3 is 2.16 bits per heavy atom. The Labute approximate surface area is 145 Å². The highest BCUT2D eigenvalue weighted by Crippen LogP contribution is 2.23. The number of nitro groups is 1. The molecule has 0 atom stereocenters. The number of para-hydroxylation sites is 2. The van der Waals surface area contributed by atoms with Crippen molar-refractivity contribution in [1.82, 2.24) is 0 Å². The molecule has 0 aliphatic heterocycles. The lowest BCUT2D eigenvalue weighted by molar-refractivity contribution is -0.384. The fourth-order valence-electron chi connectivity index (χ4n) is 2.47. The molecule has 0 spiro atoms. The second-order valence-corrected chi connectivity index (χ2v) is 5.53. The summed E-state index contributed by atoms with van der Waals surface area (Å²) >= 11 is 0. The molecule has 0 unspecified atom stereocenters. The summed E-state index contributed by atoms with van der Waals surface area (Å²) in [5, 5.41) is 15.3. The van der Waals surface area contributed by atoms with E-state index in [9.17, 15) is 10.1 Å². The molecule has 0 aromatic heterocycles. The zero-order valence-electron chi connectivity index (χ0n) is 13.7. The van der Waals surface area contributed by atoms with Crippen LogP contribution in [0.5, 0.6) is 0 Å². The summed E-state index contributed by atoms with van der Waals surface area (Å²) < 4.78 is 0. The van der Waals surface area contributed by atoms with Crippen molar-refractivity contribution in [1.29, 1.82) is 0 Å². The molecular weight excluding hydrogens is 314 g/mol. The van der Waals surface area contributed by atoms with Crippen LogP contribution in [0.25, 0.3) is 11.1 Å². The predicted octanol–water partition coefficient (Wildman–Crippen LogP) is 5.10. The first-order chi connectivity index (χ1) is 12.1. The molecule has 0 aliphatic rings. The van der Waals surface area contributed by atoms with Crippen molar-refractivity contribution in [2.75, 3.05) is 5.43 Å². The first-order valence-corrected chi connectivity index (χ1v) is 7.85. The maximum absolute atomic E-state index is 11.0. The van der Waals surface area contributed by atoms with E-state index in [2.05, 4.69) is 22.7 Å². The minimum absolute atomic E-state index is 0.00141. The van der Waals surface area contributed by atoms with Crippen LogP contribution in [0.1, 0.15) is 12.5 Å². The fraction of sp³-hybridized carbons (Fsp3) is 0.0500. The molecule has 0 aliphatic carbocycles. The summed E-state index contributed by atoms with van der Waals surface area (Å²) in [5.74, 6) is 0. The molecule has 0 radical (unpaired) electrons. The van der Waals surface area contributed by atoms with Crippen LogP contribution in [-0.2, 0) is 0 Å². The van der Waals surface area contributed by atoms with Gasteiger partial charge in [-0.2, -0.15) is 5.10 Å². The van der Waals surface area contributed by atoms with Crippen LogP contribution in [0.15, 0.2) is 84.0 Å². The number of hydrazone groups is 1. The summed E-state index contributed by atoms with van der Waals surface area (Å²) in [6.45, 7) is 1.86. The molecule has 0 amide bonds. The van der Waals surface area contributed by atoms with Crippen LogP contribution in [0, 0.1) is 10.1 Å². The topological polar surface area (TPSA) is 67.5 Å². The highest BCUT2D eigenvalue weighted by Gasteiger charge is 2.11. The van der Waals surface area contributed by atoms with Gasteiger partial charge in [0.2, 0.25) is 0 Å². The van der Waals surface area contributed by atoms with E-state index in [-0.39, 0.29) is 5.69 Å². The average Bonchev–Trinajstić information content (AvgIpc) is 2.67. The maximum atomic E-state index is 11.0. The number of nitrogens with zero attached hydrogens (tertiary/aromatic N) is 2. The van der Waals surface area contributed by atoms with E-state index in [0.29, 0.717) is 5.69 Å². The Morgan fingerprint density at radius 1 is 0.880 bits per heavy atom. The van der Waals surface area contributed by atoms with E-state index in [0.717, 1.165) is 22.4 Å². The number of hydrogen-bond acceptors (Lipinski definition) is 4.